The maximum atomic E-state index is 4.95. The zero-order valence-corrected chi connectivity index (χ0v) is 21.2. The van der Waals surface area contributed by atoms with Crippen molar-refractivity contribution in [2.75, 3.05) is 6.54 Å². The van der Waals surface area contributed by atoms with Crippen LogP contribution in [0.15, 0.2) is 107 Å². The van der Waals surface area contributed by atoms with Crippen LogP contribution < -0.4 is 0 Å². The van der Waals surface area contributed by atoms with Gasteiger partial charge in [-0.3, -0.25) is 10.0 Å². The minimum atomic E-state index is 0.181. The number of hydrogen-bond donors (Lipinski definition) is 0. The van der Waals surface area contributed by atoms with Crippen LogP contribution >= 0.6 is 0 Å². The van der Waals surface area contributed by atoms with Crippen molar-refractivity contribution in [2.45, 2.75) is 59.8 Å². The smallest absolute Gasteiger partial charge is 0.116 e. The average molecular weight is 442 g/mol. The summed E-state index contributed by atoms with van der Waals surface area (Å²) in [6.45, 7) is 21.6. The number of hydrogen-bond acceptors (Lipinski definition) is 3. The molecular weight excluding hydrogens is 402 g/mol. The molecule has 0 bridgehead atoms. The summed E-state index contributed by atoms with van der Waals surface area (Å²) in [5, 5.41) is 6.91. The van der Waals surface area contributed by atoms with E-state index in [1.165, 1.54) is 16.7 Å². The summed E-state index contributed by atoms with van der Waals surface area (Å²) >= 11 is 0. The third-order valence-corrected chi connectivity index (χ3v) is 5.64. The molecular formula is C30H39N3. The summed E-state index contributed by atoms with van der Waals surface area (Å²) in [7, 11) is 0. The highest BCUT2D eigenvalue weighted by molar-refractivity contribution is 6.14. The molecule has 1 aromatic rings. The van der Waals surface area contributed by atoms with Gasteiger partial charge >= 0.3 is 0 Å². The minimum absolute atomic E-state index is 0.181. The number of rotatable bonds is 9. The lowest BCUT2D eigenvalue weighted by atomic mass is 9.86. The van der Waals surface area contributed by atoms with E-state index in [9.17, 15) is 0 Å². The van der Waals surface area contributed by atoms with E-state index in [-0.39, 0.29) is 5.41 Å². The van der Waals surface area contributed by atoms with Gasteiger partial charge in [0.2, 0.25) is 0 Å². The summed E-state index contributed by atoms with van der Waals surface area (Å²) in [6.07, 6.45) is 15.6. The fourth-order valence-electron chi connectivity index (χ4n) is 3.59. The molecule has 0 spiro atoms. The minimum Gasteiger partial charge on any atom is -0.261 e. The first-order valence-corrected chi connectivity index (χ1v) is 11.7. The van der Waals surface area contributed by atoms with E-state index >= 15 is 0 Å². The molecule has 174 valence electrons. The molecule has 0 radical (unpaired) electrons. The number of benzene rings is 1. The monoisotopic (exact) mass is 441 g/mol. The lowest BCUT2D eigenvalue weighted by Crippen LogP contribution is -2.17. The van der Waals surface area contributed by atoms with E-state index in [0.29, 0.717) is 0 Å². The van der Waals surface area contributed by atoms with Gasteiger partial charge in [0, 0.05) is 6.21 Å². The summed E-state index contributed by atoms with van der Waals surface area (Å²) in [5.74, 6) is 0. The number of aryl methyl sites for hydroxylation is 1. The summed E-state index contributed by atoms with van der Waals surface area (Å²) in [5.41, 5.74) is 7.69. The number of aliphatic imine (C=N–C) groups is 1. The van der Waals surface area contributed by atoms with E-state index < -0.39 is 0 Å². The van der Waals surface area contributed by atoms with Gasteiger partial charge in [-0.15, -0.1) is 0 Å². The Morgan fingerprint density at radius 3 is 2.30 bits per heavy atom. The largest absolute Gasteiger partial charge is 0.261 e. The van der Waals surface area contributed by atoms with Crippen LogP contribution in [-0.2, 0) is 11.8 Å². The third kappa shape index (κ3) is 7.42. The fourth-order valence-corrected chi connectivity index (χ4v) is 3.59. The van der Waals surface area contributed by atoms with Crippen molar-refractivity contribution in [2.24, 2.45) is 10.1 Å². The lowest BCUT2D eigenvalue weighted by molar-refractivity contribution is 0.426. The Balaban J connectivity index is 2.16. The summed E-state index contributed by atoms with van der Waals surface area (Å²) in [4.78, 5) is 4.59. The zero-order valence-electron chi connectivity index (χ0n) is 21.2. The molecule has 0 aliphatic carbocycles. The Morgan fingerprint density at radius 1 is 1.06 bits per heavy atom. The summed E-state index contributed by atoms with van der Waals surface area (Å²) < 4.78 is 0. The molecule has 0 amide bonds. The van der Waals surface area contributed by atoms with Crippen molar-refractivity contribution in [3.8, 4) is 0 Å². The molecule has 0 saturated carbocycles. The number of hydrazone groups is 1. The molecule has 0 fully saturated rings. The normalized spacial score (nSPS) is 16.3. The topological polar surface area (TPSA) is 28.0 Å². The van der Waals surface area contributed by atoms with Crippen molar-refractivity contribution in [3.63, 3.8) is 0 Å². The van der Waals surface area contributed by atoms with Crippen molar-refractivity contribution in [1.29, 1.82) is 0 Å². The van der Waals surface area contributed by atoms with E-state index in [2.05, 4.69) is 69.3 Å². The second-order valence-corrected chi connectivity index (χ2v) is 9.17. The van der Waals surface area contributed by atoms with Gasteiger partial charge in [0.25, 0.3) is 0 Å². The molecule has 1 aromatic carbocycles. The Kier molecular flexibility index (Phi) is 9.59. The predicted octanol–water partition coefficient (Wildman–Crippen LogP) is 7.71. The van der Waals surface area contributed by atoms with Crippen LogP contribution in [0.4, 0.5) is 0 Å². The SMILES string of the molecule is C=CC(=C\C)/C(=N\N1CC(CCc2ccc(C(C)(C)C)cc2)=CC1=C)C(=C/C)/N=C\C=CC. The van der Waals surface area contributed by atoms with Crippen molar-refractivity contribution >= 4 is 11.9 Å². The van der Waals surface area contributed by atoms with Gasteiger partial charge in [0.05, 0.1) is 17.9 Å². The highest BCUT2D eigenvalue weighted by Gasteiger charge is 2.19. The van der Waals surface area contributed by atoms with Gasteiger partial charge < -0.3 is 0 Å². The van der Waals surface area contributed by atoms with Gasteiger partial charge in [0.15, 0.2) is 0 Å². The average Bonchev–Trinajstić information content (AvgIpc) is 3.14. The van der Waals surface area contributed by atoms with E-state index in [1.54, 1.807) is 6.21 Å². The molecule has 1 heterocycles. The van der Waals surface area contributed by atoms with E-state index in [1.807, 2.05) is 56.2 Å². The van der Waals surface area contributed by atoms with Gasteiger partial charge in [-0.2, -0.15) is 5.10 Å². The van der Waals surface area contributed by atoms with Crippen LogP contribution in [0.5, 0.6) is 0 Å². The standard InChI is InChI=1S/C30H39N3/c1-9-13-20-31-28(12-4)29(26(10-2)11-3)32-33-22-25(21-23(33)5)15-14-24-16-18-27(19-17-24)30(6,7)8/h9-13,16-21H,2,5,14-15,22H2,1,3-4,6-8H3/b13-9?,26-11+,28-12-,31-20-,32-29+. The molecule has 2 rings (SSSR count). The second-order valence-electron chi connectivity index (χ2n) is 9.17. The first-order valence-electron chi connectivity index (χ1n) is 11.7. The fraction of sp³-hybridized carbons (Fsp3) is 0.333. The lowest BCUT2D eigenvalue weighted by Gasteiger charge is -2.19. The van der Waals surface area contributed by atoms with Gasteiger partial charge in [-0.25, -0.2) is 0 Å². The van der Waals surface area contributed by atoms with Crippen LogP contribution in [-0.4, -0.2) is 23.5 Å². The van der Waals surface area contributed by atoms with Crippen molar-refractivity contribution in [1.82, 2.24) is 5.01 Å². The maximum absolute atomic E-state index is 4.95. The maximum Gasteiger partial charge on any atom is 0.116 e. The molecule has 3 nitrogen and oxygen atoms in total. The highest BCUT2D eigenvalue weighted by Crippen LogP contribution is 2.26. The number of allylic oxidation sites excluding steroid dienone is 7. The van der Waals surface area contributed by atoms with Crippen LogP contribution in [0, 0.1) is 0 Å². The first-order chi connectivity index (χ1) is 15.7. The third-order valence-electron chi connectivity index (χ3n) is 5.64. The quantitative estimate of drug-likeness (QED) is 0.285. The molecule has 33 heavy (non-hydrogen) atoms. The van der Waals surface area contributed by atoms with Gasteiger partial charge in [-0.1, -0.05) is 82.5 Å². The Bertz CT molecular complexity index is 1020. The van der Waals surface area contributed by atoms with E-state index in [4.69, 9.17) is 5.10 Å². The van der Waals surface area contributed by atoms with Gasteiger partial charge in [0.1, 0.15) is 5.71 Å². The highest BCUT2D eigenvalue weighted by atomic mass is 15.5. The van der Waals surface area contributed by atoms with Crippen LogP contribution in [0.3, 0.4) is 0 Å². The van der Waals surface area contributed by atoms with Crippen molar-refractivity contribution in [3.05, 3.63) is 108 Å². The molecule has 0 saturated heterocycles. The zero-order chi connectivity index (χ0) is 24.4. The van der Waals surface area contributed by atoms with Crippen LogP contribution in [0.1, 0.15) is 59.1 Å². The Labute approximate surface area is 201 Å². The molecule has 3 heteroatoms. The number of nitrogens with zero attached hydrogens (tertiary/aromatic N) is 3. The molecule has 0 N–H and O–H groups in total. The van der Waals surface area contributed by atoms with Crippen LogP contribution in [0.2, 0.25) is 0 Å². The molecule has 0 atom stereocenters. The van der Waals surface area contributed by atoms with Gasteiger partial charge in [-0.05, 0) is 73.5 Å². The summed E-state index contributed by atoms with van der Waals surface area (Å²) in [6, 6.07) is 9.01. The Morgan fingerprint density at radius 2 is 1.76 bits per heavy atom. The molecule has 0 unspecified atom stereocenters. The Hall–Kier alpha value is -3.20. The van der Waals surface area contributed by atoms with Crippen LogP contribution in [0.25, 0.3) is 0 Å². The second kappa shape index (κ2) is 12.2. The van der Waals surface area contributed by atoms with Crippen molar-refractivity contribution < 1.29 is 0 Å². The van der Waals surface area contributed by atoms with E-state index in [0.717, 1.165) is 42.1 Å². The molecule has 1 aliphatic rings. The molecule has 0 aromatic heterocycles. The first kappa shape index (κ1) is 26.1. The predicted molar refractivity (Wildman–Crippen MR) is 146 cm³/mol. The molecule has 1 aliphatic heterocycles.